The number of benzene rings is 12. The second-order valence-corrected chi connectivity index (χ2v) is 20.6. The summed E-state index contributed by atoms with van der Waals surface area (Å²) in [5.41, 5.74) is 24.1. The number of para-hydroxylation sites is 4. The molecule has 12 aromatic carbocycles. The van der Waals surface area contributed by atoms with Gasteiger partial charge in [-0.3, -0.25) is 0 Å². The zero-order valence-corrected chi connectivity index (χ0v) is 41.9. The molecule has 16 rings (SSSR count). The van der Waals surface area contributed by atoms with E-state index < -0.39 is 10.8 Å². The lowest BCUT2D eigenvalue weighted by Crippen LogP contribution is -2.32. The molecule has 360 valence electrons. The molecule has 0 saturated carbocycles. The maximum atomic E-state index is 6.59. The Bertz CT molecular complexity index is 4010. The Kier molecular flexibility index (Phi) is 9.47. The smallest absolute Gasteiger partial charge is 0.132 e. The predicted octanol–water partition coefficient (Wildman–Crippen LogP) is 19.1. The average Bonchev–Trinajstić information content (AvgIpc) is 4.20. The SMILES string of the molecule is c1ccc(-c2cccc(N(c3ccc(-c4ccc5c(c4)-c4ccccc4C54c5ccccc5Oc5ccccc54)cc3)c3ccc(-c4ccc5c(c4)-c4ccccc4C54c5ccccc5Oc5ccccc54)cc3)c2)cc1. The largest absolute Gasteiger partial charge is 0.457 e. The Balaban J connectivity index is 0.786. The summed E-state index contributed by atoms with van der Waals surface area (Å²) in [7, 11) is 0. The normalized spacial score (nSPS) is 13.9. The number of rotatable bonds is 6. The highest BCUT2D eigenvalue weighted by Gasteiger charge is 2.52. The summed E-state index contributed by atoms with van der Waals surface area (Å²) in [5, 5.41) is 0. The van der Waals surface area contributed by atoms with Gasteiger partial charge in [0.05, 0.1) is 10.8 Å². The fourth-order valence-electron chi connectivity index (χ4n) is 13.6. The molecule has 0 N–H and O–H groups in total. The minimum absolute atomic E-state index is 0.497. The van der Waals surface area contributed by atoms with Gasteiger partial charge in [0.15, 0.2) is 0 Å². The summed E-state index contributed by atoms with van der Waals surface area (Å²) in [4.78, 5) is 2.38. The van der Waals surface area contributed by atoms with E-state index in [9.17, 15) is 0 Å². The molecular weight excluding hydrogens is 935 g/mol. The molecular formula is C74H47NO2. The van der Waals surface area contributed by atoms with Crippen molar-refractivity contribution in [3.63, 3.8) is 0 Å². The third-order valence-corrected chi connectivity index (χ3v) is 16.8. The van der Waals surface area contributed by atoms with E-state index >= 15 is 0 Å². The lowest BCUT2D eigenvalue weighted by molar-refractivity contribution is 0.436. The highest BCUT2D eigenvalue weighted by atomic mass is 16.5. The van der Waals surface area contributed by atoms with E-state index in [2.05, 4.69) is 290 Å². The lowest BCUT2D eigenvalue weighted by Gasteiger charge is -2.39. The third-order valence-electron chi connectivity index (χ3n) is 16.8. The molecule has 2 aliphatic heterocycles. The Morgan fingerprint density at radius 1 is 0.208 bits per heavy atom. The first kappa shape index (κ1) is 43.4. The second kappa shape index (κ2) is 16.8. The second-order valence-electron chi connectivity index (χ2n) is 20.6. The molecule has 2 heterocycles. The molecule has 0 atom stereocenters. The van der Waals surface area contributed by atoms with Gasteiger partial charge in [0.2, 0.25) is 0 Å². The number of nitrogens with zero attached hydrogens (tertiary/aromatic N) is 1. The van der Waals surface area contributed by atoms with Crippen molar-refractivity contribution in [2.45, 2.75) is 10.8 Å². The van der Waals surface area contributed by atoms with Gasteiger partial charge in [-0.15, -0.1) is 0 Å². The van der Waals surface area contributed by atoms with Crippen LogP contribution in [-0.2, 0) is 10.8 Å². The molecule has 4 aliphatic rings. The summed E-state index contributed by atoms with van der Waals surface area (Å²) >= 11 is 0. The van der Waals surface area contributed by atoms with Crippen LogP contribution in [0, 0.1) is 0 Å². The van der Waals surface area contributed by atoms with Gasteiger partial charge in [-0.05, 0) is 151 Å². The number of hydrogen-bond acceptors (Lipinski definition) is 3. The molecule has 0 radical (unpaired) electrons. The van der Waals surface area contributed by atoms with Crippen molar-refractivity contribution in [3.05, 3.63) is 330 Å². The molecule has 0 aromatic heterocycles. The Morgan fingerprint density at radius 2 is 0.532 bits per heavy atom. The van der Waals surface area contributed by atoms with Crippen LogP contribution >= 0.6 is 0 Å². The summed E-state index contributed by atoms with van der Waals surface area (Å²) in [5.74, 6) is 3.61. The number of fused-ring (bicyclic) bond motifs is 18. The zero-order chi connectivity index (χ0) is 50.7. The van der Waals surface area contributed by atoms with E-state index in [-0.39, 0.29) is 0 Å². The Hall–Kier alpha value is -9.96. The van der Waals surface area contributed by atoms with E-state index in [4.69, 9.17) is 9.47 Å². The van der Waals surface area contributed by atoms with E-state index in [1.807, 2.05) is 0 Å². The van der Waals surface area contributed by atoms with E-state index in [1.54, 1.807) is 0 Å². The van der Waals surface area contributed by atoms with Gasteiger partial charge in [0.1, 0.15) is 23.0 Å². The molecule has 2 aliphatic carbocycles. The monoisotopic (exact) mass is 981 g/mol. The van der Waals surface area contributed by atoms with Crippen LogP contribution in [-0.4, -0.2) is 0 Å². The topological polar surface area (TPSA) is 21.7 Å². The fourth-order valence-corrected chi connectivity index (χ4v) is 13.6. The van der Waals surface area contributed by atoms with Gasteiger partial charge in [-0.1, -0.05) is 212 Å². The average molecular weight is 982 g/mol. The van der Waals surface area contributed by atoms with Crippen molar-refractivity contribution in [2.75, 3.05) is 4.90 Å². The molecule has 2 spiro atoms. The summed E-state index contributed by atoms with van der Waals surface area (Å²) in [6.07, 6.45) is 0. The molecule has 12 aromatic rings. The van der Waals surface area contributed by atoms with E-state index in [1.165, 1.54) is 89.0 Å². The number of anilines is 3. The molecule has 3 heteroatoms. The number of ether oxygens (including phenoxy) is 2. The van der Waals surface area contributed by atoms with E-state index in [0.717, 1.165) is 51.2 Å². The highest BCUT2D eigenvalue weighted by molar-refractivity contribution is 5.93. The lowest BCUT2D eigenvalue weighted by atomic mass is 9.66. The molecule has 0 fully saturated rings. The van der Waals surface area contributed by atoms with Crippen LogP contribution in [0.5, 0.6) is 23.0 Å². The van der Waals surface area contributed by atoms with Crippen LogP contribution < -0.4 is 14.4 Å². The first-order valence-corrected chi connectivity index (χ1v) is 26.6. The van der Waals surface area contributed by atoms with Gasteiger partial charge in [0.25, 0.3) is 0 Å². The Labute approximate surface area is 448 Å². The number of hydrogen-bond donors (Lipinski definition) is 0. The van der Waals surface area contributed by atoms with Crippen LogP contribution in [0.1, 0.15) is 44.5 Å². The van der Waals surface area contributed by atoms with Gasteiger partial charge in [-0.2, -0.15) is 0 Å². The molecule has 77 heavy (non-hydrogen) atoms. The molecule has 0 unspecified atom stereocenters. The standard InChI is InChI=1S/C74H47NO2/c1-2-17-48(18-3-1)51-19-16-20-56(45-51)75(54-39-33-49(34-40-54)52-37-43-63-59(46-52)57-21-4-6-23-61(57)73(63)65-25-8-12-29-69(65)76-70-30-13-9-26-66(70)73)55-41-35-50(36-42-55)53-38-44-64-60(47-53)58-22-5-7-24-62(58)74(64)67-27-10-14-31-71(67)77-72-32-15-11-28-68(72)74/h1-47H. The van der Waals surface area contributed by atoms with Crippen molar-refractivity contribution in [3.8, 4) is 78.6 Å². The van der Waals surface area contributed by atoms with Crippen LogP contribution in [0.2, 0.25) is 0 Å². The van der Waals surface area contributed by atoms with E-state index in [0.29, 0.717) is 0 Å². The minimum Gasteiger partial charge on any atom is -0.457 e. The molecule has 0 amide bonds. The third kappa shape index (κ3) is 6.26. The van der Waals surface area contributed by atoms with Gasteiger partial charge >= 0.3 is 0 Å². The maximum Gasteiger partial charge on any atom is 0.132 e. The summed E-state index contributed by atoms with van der Waals surface area (Å²) < 4.78 is 13.2. The predicted molar refractivity (Wildman–Crippen MR) is 312 cm³/mol. The highest BCUT2D eigenvalue weighted by Crippen LogP contribution is 2.64. The van der Waals surface area contributed by atoms with Crippen molar-refractivity contribution < 1.29 is 9.47 Å². The van der Waals surface area contributed by atoms with Gasteiger partial charge < -0.3 is 14.4 Å². The van der Waals surface area contributed by atoms with Crippen LogP contribution in [0.4, 0.5) is 17.1 Å². The zero-order valence-electron chi connectivity index (χ0n) is 41.9. The maximum absolute atomic E-state index is 6.59. The minimum atomic E-state index is -0.497. The van der Waals surface area contributed by atoms with Crippen molar-refractivity contribution in [1.29, 1.82) is 0 Å². The quantitative estimate of drug-likeness (QED) is 0.166. The molecule has 3 nitrogen and oxygen atoms in total. The van der Waals surface area contributed by atoms with Crippen LogP contribution in [0.15, 0.2) is 285 Å². The van der Waals surface area contributed by atoms with Crippen molar-refractivity contribution in [2.24, 2.45) is 0 Å². The Morgan fingerprint density at radius 3 is 0.974 bits per heavy atom. The van der Waals surface area contributed by atoms with Gasteiger partial charge in [0, 0.05) is 39.3 Å². The molecule has 0 bridgehead atoms. The fraction of sp³-hybridized carbons (Fsp3) is 0.0270. The summed E-state index contributed by atoms with van der Waals surface area (Å²) in [6.45, 7) is 0. The summed E-state index contributed by atoms with van der Waals surface area (Å²) in [6, 6.07) is 104. The molecule has 0 saturated heterocycles. The van der Waals surface area contributed by atoms with Crippen molar-refractivity contribution in [1.82, 2.24) is 0 Å². The van der Waals surface area contributed by atoms with Crippen molar-refractivity contribution >= 4 is 17.1 Å². The van der Waals surface area contributed by atoms with Crippen LogP contribution in [0.3, 0.4) is 0 Å². The van der Waals surface area contributed by atoms with Crippen LogP contribution in [0.25, 0.3) is 55.6 Å². The first-order valence-electron chi connectivity index (χ1n) is 26.6. The first-order chi connectivity index (χ1) is 38.2. The van der Waals surface area contributed by atoms with Gasteiger partial charge in [-0.25, -0.2) is 0 Å².